The van der Waals surface area contributed by atoms with Crippen molar-refractivity contribution in [3.05, 3.63) is 65.7 Å². The lowest BCUT2D eigenvalue weighted by Gasteiger charge is -2.34. The van der Waals surface area contributed by atoms with Crippen LogP contribution in [-0.4, -0.2) is 55.5 Å². The van der Waals surface area contributed by atoms with Gasteiger partial charge in [-0.2, -0.15) is 0 Å². The van der Waals surface area contributed by atoms with Crippen molar-refractivity contribution >= 4 is 5.91 Å². The Morgan fingerprint density at radius 2 is 1.70 bits per heavy atom. The number of benzene rings is 2. The fourth-order valence-corrected chi connectivity index (χ4v) is 3.42. The molecule has 144 valence electrons. The normalized spacial score (nSPS) is 14.9. The van der Waals surface area contributed by atoms with Crippen LogP contribution in [0.5, 0.6) is 5.75 Å². The molecular weight excluding hydrogens is 338 g/mol. The van der Waals surface area contributed by atoms with Crippen molar-refractivity contribution in [2.75, 3.05) is 39.8 Å². The van der Waals surface area contributed by atoms with Gasteiger partial charge < -0.3 is 15.0 Å². The first-order valence-electron chi connectivity index (χ1n) is 9.63. The molecule has 0 aromatic heterocycles. The number of nitrogens with one attached hydrogen (secondary N) is 1. The van der Waals surface area contributed by atoms with Crippen LogP contribution in [-0.2, 0) is 17.9 Å². The van der Waals surface area contributed by atoms with Crippen molar-refractivity contribution in [2.24, 2.45) is 0 Å². The Balaban J connectivity index is 1.35. The molecule has 1 amide bonds. The highest BCUT2D eigenvalue weighted by atomic mass is 16.5. The van der Waals surface area contributed by atoms with E-state index in [1.54, 1.807) is 7.11 Å². The minimum absolute atomic E-state index is 0.238. The number of ether oxygens (including phenoxy) is 1. The fraction of sp³-hybridized carbons (Fsp3) is 0.409. The van der Waals surface area contributed by atoms with Crippen LogP contribution in [0.15, 0.2) is 54.6 Å². The van der Waals surface area contributed by atoms with Gasteiger partial charge in [0.25, 0.3) is 0 Å². The minimum Gasteiger partial charge on any atom is -0.496 e. The number of hydrogen-bond donors (Lipinski definition) is 1. The Kier molecular flexibility index (Phi) is 7.25. The Labute approximate surface area is 161 Å². The molecule has 0 radical (unpaired) electrons. The van der Waals surface area contributed by atoms with Crippen molar-refractivity contribution in [2.45, 2.75) is 19.5 Å². The van der Waals surface area contributed by atoms with E-state index in [0.717, 1.165) is 44.0 Å². The van der Waals surface area contributed by atoms with Gasteiger partial charge in [0.05, 0.1) is 7.11 Å². The van der Waals surface area contributed by atoms with Crippen LogP contribution in [0.4, 0.5) is 0 Å². The molecule has 0 unspecified atom stereocenters. The molecule has 0 atom stereocenters. The van der Waals surface area contributed by atoms with Crippen LogP contribution in [0.1, 0.15) is 17.5 Å². The third-order valence-electron chi connectivity index (χ3n) is 5.00. The Morgan fingerprint density at radius 1 is 1.00 bits per heavy atom. The van der Waals surface area contributed by atoms with E-state index >= 15 is 0 Å². The number of amides is 1. The number of hydrogen-bond acceptors (Lipinski definition) is 4. The van der Waals surface area contributed by atoms with Gasteiger partial charge in [0.1, 0.15) is 5.75 Å². The second-order valence-corrected chi connectivity index (χ2v) is 6.88. The largest absolute Gasteiger partial charge is 0.496 e. The number of carbonyl (C=O) groups is 1. The molecule has 1 aliphatic rings. The molecule has 1 N–H and O–H groups in total. The molecule has 2 aromatic rings. The molecule has 5 nitrogen and oxygen atoms in total. The first kappa shape index (κ1) is 19.4. The molecule has 1 fully saturated rings. The van der Waals surface area contributed by atoms with Crippen LogP contribution >= 0.6 is 0 Å². The van der Waals surface area contributed by atoms with Gasteiger partial charge in [-0.15, -0.1) is 0 Å². The van der Waals surface area contributed by atoms with Crippen LogP contribution < -0.4 is 10.1 Å². The summed E-state index contributed by atoms with van der Waals surface area (Å²) >= 11 is 0. The molecule has 1 heterocycles. The first-order valence-corrected chi connectivity index (χ1v) is 9.63. The van der Waals surface area contributed by atoms with Gasteiger partial charge in [-0.05, 0) is 11.6 Å². The Morgan fingerprint density at radius 3 is 2.44 bits per heavy atom. The number of rotatable bonds is 8. The smallest absolute Gasteiger partial charge is 0.223 e. The third kappa shape index (κ3) is 5.81. The lowest BCUT2D eigenvalue weighted by atomic mass is 10.2. The summed E-state index contributed by atoms with van der Waals surface area (Å²) in [4.78, 5) is 16.8. The second-order valence-electron chi connectivity index (χ2n) is 6.88. The van der Waals surface area contributed by atoms with Crippen molar-refractivity contribution < 1.29 is 9.53 Å². The summed E-state index contributed by atoms with van der Waals surface area (Å²) in [5.74, 6) is 1.12. The Hall–Kier alpha value is -2.37. The van der Waals surface area contributed by atoms with Gasteiger partial charge in [-0.3, -0.25) is 9.69 Å². The monoisotopic (exact) mass is 367 g/mol. The molecule has 2 aromatic carbocycles. The van der Waals surface area contributed by atoms with Gasteiger partial charge in [0.15, 0.2) is 0 Å². The highest BCUT2D eigenvalue weighted by Crippen LogP contribution is 2.16. The molecule has 0 aliphatic carbocycles. The molecule has 0 spiro atoms. The zero-order valence-corrected chi connectivity index (χ0v) is 16.1. The van der Waals surface area contributed by atoms with E-state index in [4.69, 9.17) is 4.74 Å². The highest BCUT2D eigenvalue weighted by Gasteiger charge is 2.20. The molecule has 27 heavy (non-hydrogen) atoms. The van der Waals surface area contributed by atoms with Crippen molar-refractivity contribution in [3.63, 3.8) is 0 Å². The van der Waals surface area contributed by atoms with E-state index in [2.05, 4.69) is 34.5 Å². The molecule has 3 rings (SSSR count). The summed E-state index contributed by atoms with van der Waals surface area (Å²) in [5.41, 5.74) is 2.44. The van der Waals surface area contributed by atoms with E-state index in [-0.39, 0.29) is 5.91 Å². The maximum Gasteiger partial charge on any atom is 0.223 e. The number of piperazine rings is 1. The summed E-state index contributed by atoms with van der Waals surface area (Å²) in [6.07, 6.45) is 0.536. The predicted molar refractivity (Wildman–Crippen MR) is 108 cm³/mol. The SMILES string of the molecule is COc1ccccc1CNCCC(=O)N1CCN(Cc2ccccc2)CC1. The lowest BCUT2D eigenvalue weighted by molar-refractivity contribution is -0.132. The summed E-state index contributed by atoms with van der Waals surface area (Å²) in [7, 11) is 1.68. The molecular formula is C22H29N3O2. The lowest BCUT2D eigenvalue weighted by Crippen LogP contribution is -2.48. The van der Waals surface area contributed by atoms with Gasteiger partial charge in [0.2, 0.25) is 5.91 Å². The molecule has 0 bridgehead atoms. The molecule has 1 aliphatic heterocycles. The number of carbonyl (C=O) groups excluding carboxylic acids is 1. The Bertz CT molecular complexity index is 713. The number of methoxy groups -OCH3 is 1. The van der Waals surface area contributed by atoms with Gasteiger partial charge in [-0.25, -0.2) is 0 Å². The highest BCUT2D eigenvalue weighted by molar-refractivity contribution is 5.76. The standard InChI is InChI=1S/C22H29N3O2/c1-27-21-10-6-5-9-20(21)17-23-12-11-22(26)25-15-13-24(14-16-25)18-19-7-3-2-4-8-19/h2-10,23H,11-18H2,1H3. The van der Waals surface area contributed by atoms with Crippen molar-refractivity contribution in [1.29, 1.82) is 0 Å². The molecule has 1 saturated heterocycles. The van der Waals surface area contributed by atoms with Crippen molar-refractivity contribution in [3.8, 4) is 5.75 Å². The van der Waals surface area contributed by atoms with Crippen LogP contribution in [0.3, 0.4) is 0 Å². The maximum atomic E-state index is 12.4. The fourth-order valence-electron chi connectivity index (χ4n) is 3.42. The number of nitrogens with zero attached hydrogens (tertiary/aromatic N) is 2. The van der Waals surface area contributed by atoms with Gasteiger partial charge in [0, 0.05) is 57.8 Å². The van der Waals surface area contributed by atoms with Gasteiger partial charge >= 0.3 is 0 Å². The quantitative estimate of drug-likeness (QED) is 0.728. The van der Waals surface area contributed by atoms with E-state index in [9.17, 15) is 4.79 Å². The van der Waals surface area contributed by atoms with Crippen molar-refractivity contribution in [1.82, 2.24) is 15.1 Å². The van der Waals surface area contributed by atoms with Crippen LogP contribution in [0.2, 0.25) is 0 Å². The zero-order valence-electron chi connectivity index (χ0n) is 16.1. The molecule has 5 heteroatoms. The van der Waals surface area contributed by atoms with Crippen LogP contribution in [0.25, 0.3) is 0 Å². The summed E-state index contributed by atoms with van der Waals surface area (Å²) in [6, 6.07) is 18.5. The average Bonchev–Trinajstić information content (AvgIpc) is 2.72. The predicted octanol–water partition coefficient (Wildman–Crippen LogP) is 2.52. The van der Waals surface area contributed by atoms with Crippen LogP contribution in [0, 0.1) is 0 Å². The first-order chi connectivity index (χ1) is 13.3. The van der Waals surface area contributed by atoms with Gasteiger partial charge in [-0.1, -0.05) is 48.5 Å². The van der Waals surface area contributed by atoms with E-state index in [1.165, 1.54) is 5.56 Å². The topological polar surface area (TPSA) is 44.8 Å². The second kappa shape index (κ2) is 10.1. The zero-order chi connectivity index (χ0) is 18.9. The third-order valence-corrected chi connectivity index (χ3v) is 5.00. The molecule has 0 saturated carbocycles. The minimum atomic E-state index is 0.238. The summed E-state index contributed by atoms with van der Waals surface area (Å²) < 4.78 is 5.35. The number of para-hydroxylation sites is 1. The van der Waals surface area contributed by atoms with E-state index < -0.39 is 0 Å². The van der Waals surface area contributed by atoms with E-state index in [0.29, 0.717) is 19.5 Å². The van der Waals surface area contributed by atoms with E-state index in [1.807, 2.05) is 35.2 Å². The summed E-state index contributed by atoms with van der Waals surface area (Å²) in [6.45, 7) is 5.87. The average molecular weight is 367 g/mol. The maximum absolute atomic E-state index is 12.4. The summed E-state index contributed by atoms with van der Waals surface area (Å²) in [5, 5.41) is 3.35.